The predicted molar refractivity (Wildman–Crippen MR) is 161 cm³/mol. The van der Waals surface area contributed by atoms with E-state index in [-0.39, 0.29) is 10.8 Å². The van der Waals surface area contributed by atoms with Crippen LogP contribution in [0.5, 0.6) is 0 Å². The molecule has 0 atom stereocenters. The zero-order chi connectivity index (χ0) is 26.9. The molecule has 0 spiro atoms. The van der Waals surface area contributed by atoms with Gasteiger partial charge in [0.2, 0.25) is 0 Å². The normalized spacial score (nSPS) is 12.3. The minimum atomic E-state index is 0.104. The lowest BCUT2D eigenvalue weighted by atomic mass is 9.79. The van der Waals surface area contributed by atoms with Crippen molar-refractivity contribution in [3.63, 3.8) is 0 Å². The number of rotatable bonds is 20. The number of benzene rings is 1. The molecule has 0 aromatic heterocycles. The molecule has 1 nitrogen and oxygen atoms in total. The average molecular weight is 499 g/mol. The topological polar surface area (TPSA) is 17.1 Å². The number of hydrogen-bond acceptors (Lipinski definition) is 1. The van der Waals surface area contributed by atoms with Crippen molar-refractivity contribution in [3.8, 4) is 0 Å². The molecule has 0 heterocycles. The third-order valence-electron chi connectivity index (χ3n) is 7.69. The van der Waals surface area contributed by atoms with Crippen molar-refractivity contribution < 1.29 is 4.79 Å². The molecule has 1 aromatic carbocycles. The third kappa shape index (κ3) is 15.9. The smallest absolute Gasteiger partial charge is 0.137 e. The molecular formula is C35H62O. The first-order chi connectivity index (χ1) is 17.0. The summed E-state index contributed by atoms with van der Waals surface area (Å²) in [6.07, 6.45) is 24.7. The zero-order valence-electron chi connectivity index (χ0n) is 25.6. The van der Waals surface area contributed by atoms with Crippen molar-refractivity contribution in [1.82, 2.24) is 0 Å². The summed E-state index contributed by atoms with van der Waals surface area (Å²) < 4.78 is 0. The summed E-state index contributed by atoms with van der Waals surface area (Å²) in [6.45, 7) is 15.9. The molecule has 208 valence electrons. The minimum Gasteiger partial charge on any atom is -0.299 e. The molecule has 0 fully saturated rings. The van der Waals surface area contributed by atoms with Crippen molar-refractivity contribution >= 4 is 5.78 Å². The summed E-state index contributed by atoms with van der Waals surface area (Å²) in [4.78, 5) is 12.7. The van der Waals surface area contributed by atoms with Crippen LogP contribution in [0.3, 0.4) is 0 Å². The van der Waals surface area contributed by atoms with Crippen LogP contribution in [0.15, 0.2) is 18.2 Å². The van der Waals surface area contributed by atoms with Crippen LogP contribution >= 0.6 is 0 Å². The van der Waals surface area contributed by atoms with Crippen LogP contribution < -0.4 is 0 Å². The first kappa shape index (κ1) is 32.9. The Morgan fingerprint density at radius 1 is 0.528 bits per heavy atom. The van der Waals surface area contributed by atoms with Crippen LogP contribution in [0.1, 0.15) is 181 Å². The van der Waals surface area contributed by atoms with Gasteiger partial charge >= 0.3 is 0 Å². The summed E-state index contributed by atoms with van der Waals surface area (Å²) in [7, 11) is 0. The Labute approximate surface area is 226 Å². The van der Waals surface area contributed by atoms with Gasteiger partial charge in [-0.15, -0.1) is 0 Å². The number of hydrogen-bond donors (Lipinski definition) is 0. The van der Waals surface area contributed by atoms with Gasteiger partial charge in [0.25, 0.3) is 0 Å². The van der Waals surface area contributed by atoms with E-state index in [0.29, 0.717) is 12.2 Å². The lowest BCUT2D eigenvalue weighted by Gasteiger charge is -2.26. The average Bonchev–Trinajstić information content (AvgIpc) is 2.79. The zero-order valence-corrected chi connectivity index (χ0v) is 25.6. The van der Waals surface area contributed by atoms with Crippen LogP contribution in [0.25, 0.3) is 0 Å². The van der Waals surface area contributed by atoms with Crippen molar-refractivity contribution in [1.29, 1.82) is 0 Å². The van der Waals surface area contributed by atoms with Gasteiger partial charge in [-0.25, -0.2) is 0 Å². The van der Waals surface area contributed by atoms with Gasteiger partial charge in [-0.05, 0) is 33.9 Å². The molecular weight excluding hydrogens is 436 g/mol. The molecule has 1 rings (SSSR count). The summed E-state index contributed by atoms with van der Waals surface area (Å²) in [5.41, 5.74) is 4.09. The predicted octanol–water partition coefficient (Wildman–Crippen LogP) is 11.4. The molecule has 36 heavy (non-hydrogen) atoms. The fraction of sp³-hybridized carbons (Fsp3) is 0.800. The summed E-state index contributed by atoms with van der Waals surface area (Å²) >= 11 is 0. The second-order valence-electron chi connectivity index (χ2n) is 13.5. The first-order valence-electron chi connectivity index (χ1n) is 15.7. The monoisotopic (exact) mass is 498 g/mol. The van der Waals surface area contributed by atoms with E-state index < -0.39 is 0 Å². The minimum absolute atomic E-state index is 0.104. The van der Waals surface area contributed by atoms with Crippen LogP contribution in [0.2, 0.25) is 0 Å². The lowest BCUT2D eigenvalue weighted by molar-refractivity contribution is -0.118. The largest absolute Gasteiger partial charge is 0.299 e. The third-order valence-corrected chi connectivity index (χ3v) is 7.69. The molecule has 0 aliphatic heterocycles. The lowest BCUT2D eigenvalue weighted by Crippen LogP contribution is -2.17. The molecule has 0 aliphatic carbocycles. The first-order valence-corrected chi connectivity index (χ1v) is 15.7. The molecule has 0 saturated heterocycles. The number of ketones is 1. The van der Waals surface area contributed by atoms with Crippen molar-refractivity contribution in [2.75, 3.05) is 0 Å². The Morgan fingerprint density at radius 2 is 0.861 bits per heavy atom. The summed E-state index contributed by atoms with van der Waals surface area (Å²) in [5, 5.41) is 0. The van der Waals surface area contributed by atoms with Gasteiger partial charge in [0, 0.05) is 12.8 Å². The highest BCUT2D eigenvalue weighted by Gasteiger charge is 2.21. The Bertz CT molecular complexity index is 668. The molecule has 0 radical (unpaired) electrons. The molecule has 0 bridgehead atoms. The Balaban J connectivity index is 2.10. The molecule has 1 heteroatoms. The maximum Gasteiger partial charge on any atom is 0.137 e. The second-order valence-corrected chi connectivity index (χ2v) is 13.5. The Hall–Kier alpha value is -1.11. The highest BCUT2D eigenvalue weighted by Crippen LogP contribution is 2.30. The van der Waals surface area contributed by atoms with Gasteiger partial charge in [0.05, 0.1) is 0 Å². The van der Waals surface area contributed by atoms with E-state index in [1.165, 1.54) is 119 Å². The Kier molecular flexibility index (Phi) is 16.6. The van der Waals surface area contributed by atoms with Crippen LogP contribution in [0, 0.1) is 0 Å². The summed E-state index contributed by atoms with van der Waals surface area (Å²) in [6, 6.07) is 6.87. The molecule has 0 amide bonds. The number of unbranched alkanes of at least 4 members (excludes halogenated alkanes) is 16. The molecule has 1 aromatic rings. The second kappa shape index (κ2) is 18.2. The van der Waals surface area contributed by atoms with E-state index >= 15 is 0 Å². The van der Waals surface area contributed by atoms with E-state index in [0.717, 1.165) is 12.8 Å². The maximum atomic E-state index is 12.7. The quantitative estimate of drug-likeness (QED) is 0.163. The number of carbonyl (C=O) groups excluding carboxylic acids is 1. The maximum absolute atomic E-state index is 12.7. The van der Waals surface area contributed by atoms with E-state index in [1.807, 2.05) is 0 Å². The van der Waals surface area contributed by atoms with E-state index in [9.17, 15) is 4.79 Å². The van der Waals surface area contributed by atoms with Gasteiger partial charge in [-0.3, -0.25) is 4.79 Å². The molecule has 0 unspecified atom stereocenters. The fourth-order valence-electron chi connectivity index (χ4n) is 5.02. The van der Waals surface area contributed by atoms with Crippen LogP contribution in [-0.4, -0.2) is 5.78 Å². The van der Waals surface area contributed by atoms with E-state index in [1.54, 1.807) is 0 Å². The standard InChI is InChI=1S/C35H62O/c1-8-9-10-11-12-13-14-15-16-17-18-19-20-21-22-23-24-25-33(36)28-30-26-31(34(2,3)4)29-32(27-30)35(5,6)7/h26-27,29H,8-25,28H2,1-7H3. The van der Waals surface area contributed by atoms with E-state index in [2.05, 4.69) is 66.7 Å². The van der Waals surface area contributed by atoms with Crippen molar-refractivity contribution in [2.45, 2.75) is 181 Å². The van der Waals surface area contributed by atoms with Crippen LogP contribution in [0.4, 0.5) is 0 Å². The van der Waals surface area contributed by atoms with Gasteiger partial charge in [0.15, 0.2) is 0 Å². The molecule has 0 saturated carbocycles. The van der Waals surface area contributed by atoms with Gasteiger partial charge in [-0.1, -0.05) is 169 Å². The van der Waals surface area contributed by atoms with Crippen molar-refractivity contribution in [3.05, 3.63) is 34.9 Å². The highest BCUT2D eigenvalue weighted by molar-refractivity contribution is 5.81. The van der Waals surface area contributed by atoms with Gasteiger partial charge in [0.1, 0.15) is 5.78 Å². The van der Waals surface area contributed by atoms with Crippen LogP contribution in [-0.2, 0) is 22.0 Å². The van der Waals surface area contributed by atoms with E-state index in [4.69, 9.17) is 0 Å². The Morgan fingerprint density at radius 3 is 1.19 bits per heavy atom. The fourth-order valence-corrected chi connectivity index (χ4v) is 5.02. The van der Waals surface area contributed by atoms with Gasteiger partial charge < -0.3 is 0 Å². The van der Waals surface area contributed by atoms with Crippen molar-refractivity contribution in [2.24, 2.45) is 0 Å². The van der Waals surface area contributed by atoms with Gasteiger partial charge in [-0.2, -0.15) is 0 Å². The number of Topliss-reactive ketones (excluding diaryl/α,β-unsaturated/α-hetero) is 1. The molecule has 0 N–H and O–H groups in total. The number of carbonyl (C=O) groups is 1. The SMILES string of the molecule is CCCCCCCCCCCCCCCCCCCC(=O)Cc1cc(C(C)(C)C)cc(C(C)(C)C)c1. The highest BCUT2D eigenvalue weighted by atomic mass is 16.1. The summed E-state index contributed by atoms with van der Waals surface area (Å²) in [5.74, 6) is 0.405. The molecule has 0 aliphatic rings.